The second kappa shape index (κ2) is 8.71. The monoisotopic (exact) mass is 511 g/mol. The van der Waals surface area contributed by atoms with Crippen molar-refractivity contribution in [3.05, 3.63) is 52.3 Å². The molecule has 1 saturated carbocycles. The van der Waals surface area contributed by atoms with E-state index in [1.165, 1.54) is 4.68 Å². The van der Waals surface area contributed by atoms with Gasteiger partial charge in [0.05, 0.1) is 29.6 Å². The lowest BCUT2D eigenvalue weighted by atomic mass is 10.0. The molecule has 1 N–H and O–H groups in total. The highest BCUT2D eigenvalue weighted by Gasteiger charge is 2.65. The third-order valence-electron chi connectivity index (χ3n) is 7.82. The van der Waals surface area contributed by atoms with Crippen LogP contribution >= 0.6 is 0 Å². The smallest absolute Gasteiger partial charge is 0.272 e. The standard InChI is InChI=1S/C25H29N5O5S/c1-3-24(15-35-16-24)36(33,34)25(9-10-25)14-30-11-8-19-20(28-29(2)21(19)23(30)32)22(31)27-13-18-6-4-17(12-26)5-7-18/h4-7H,3,8-11,13-16H2,1-2H3,(H,27,31). The first-order valence-corrected chi connectivity index (χ1v) is 13.6. The molecule has 11 heteroatoms. The van der Waals surface area contributed by atoms with Crippen LogP contribution in [-0.2, 0) is 34.6 Å². The van der Waals surface area contributed by atoms with Crippen LogP contribution in [0.15, 0.2) is 24.3 Å². The highest BCUT2D eigenvalue weighted by molar-refractivity contribution is 7.94. The quantitative estimate of drug-likeness (QED) is 0.565. The molecule has 2 amide bonds. The van der Waals surface area contributed by atoms with E-state index in [9.17, 15) is 18.0 Å². The summed E-state index contributed by atoms with van der Waals surface area (Å²) in [6, 6.07) is 8.97. The fraction of sp³-hybridized carbons (Fsp3) is 0.520. The van der Waals surface area contributed by atoms with Crippen LogP contribution in [0.1, 0.15) is 63.9 Å². The number of ether oxygens (including phenoxy) is 1. The lowest BCUT2D eigenvalue weighted by Gasteiger charge is -2.43. The zero-order valence-corrected chi connectivity index (χ0v) is 21.2. The topological polar surface area (TPSA) is 134 Å². The Morgan fingerprint density at radius 1 is 1.22 bits per heavy atom. The van der Waals surface area contributed by atoms with E-state index in [2.05, 4.69) is 16.5 Å². The third kappa shape index (κ3) is 3.71. The Hall–Kier alpha value is -3.23. The SMILES string of the molecule is CCC1(S(=O)(=O)C2(CN3CCc4c(C(=O)NCc5ccc(C#N)cc5)nn(C)c4C3=O)CC2)COC1. The van der Waals surface area contributed by atoms with Gasteiger partial charge in [-0.1, -0.05) is 19.1 Å². The zero-order chi connectivity index (χ0) is 25.7. The number of aryl methyl sites for hydroxylation is 1. The molecule has 190 valence electrons. The number of carbonyl (C=O) groups is 2. The molecule has 1 aromatic carbocycles. The minimum atomic E-state index is -3.48. The van der Waals surface area contributed by atoms with E-state index < -0.39 is 19.3 Å². The minimum absolute atomic E-state index is 0.154. The van der Waals surface area contributed by atoms with Crippen molar-refractivity contribution in [2.75, 3.05) is 26.3 Å². The highest BCUT2D eigenvalue weighted by Crippen LogP contribution is 2.51. The Morgan fingerprint density at radius 3 is 2.47 bits per heavy atom. The molecule has 5 rings (SSSR count). The molecule has 0 spiro atoms. The molecule has 0 bridgehead atoms. The van der Waals surface area contributed by atoms with Crippen LogP contribution in [0.3, 0.4) is 0 Å². The summed E-state index contributed by atoms with van der Waals surface area (Å²) in [4.78, 5) is 28.0. The van der Waals surface area contributed by atoms with Crippen molar-refractivity contribution in [3.63, 3.8) is 0 Å². The Kier molecular flexibility index (Phi) is 5.92. The number of amides is 2. The van der Waals surface area contributed by atoms with Gasteiger partial charge in [0, 0.05) is 32.2 Å². The van der Waals surface area contributed by atoms with Gasteiger partial charge in [0.1, 0.15) is 10.4 Å². The van der Waals surface area contributed by atoms with E-state index in [1.807, 2.05) is 6.92 Å². The summed E-state index contributed by atoms with van der Waals surface area (Å²) in [5.74, 6) is -0.678. The van der Waals surface area contributed by atoms with Crippen LogP contribution in [0.4, 0.5) is 0 Å². The van der Waals surface area contributed by atoms with Crippen molar-refractivity contribution >= 4 is 21.7 Å². The fourth-order valence-electron chi connectivity index (χ4n) is 5.20. The first-order valence-electron chi connectivity index (χ1n) is 12.1. The summed E-state index contributed by atoms with van der Waals surface area (Å²) in [5.41, 5.74) is 2.50. The van der Waals surface area contributed by atoms with E-state index >= 15 is 0 Å². The summed E-state index contributed by atoms with van der Waals surface area (Å²) in [6.07, 6.45) is 2.01. The predicted octanol–water partition coefficient (Wildman–Crippen LogP) is 1.35. The number of nitriles is 1. The number of nitrogens with one attached hydrogen (secondary N) is 1. The molecule has 36 heavy (non-hydrogen) atoms. The van der Waals surface area contributed by atoms with Crippen molar-refractivity contribution in [2.45, 2.75) is 48.6 Å². The van der Waals surface area contributed by atoms with Gasteiger partial charge >= 0.3 is 0 Å². The Labute approximate surface area is 210 Å². The normalized spacial score (nSPS) is 19.7. The van der Waals surface area contributed by atoms with E-state index in [-0.39, 0.29) is 43.8 Å². The van der Waals surface area contributed by atoms with Crippen molar-refractivity contribution in [1.29, 1.82) is 5.26 Å². The Balaban J connectivity index is 1.31. The Morgan fingerprint density at radius 2 is 1.92 bits per heavy atom. The summed E-state index contributed by atoms with van der Waals surface area (Å²) < 4.78 is 32.0. The molecule has 0 unspecified atom stereocenters. The number of rotatable bonds is 8. The predicted molar refractivity (Wildman–Crippen MR) is 130 cm³/mol. The lowest BCUT2D eigenvalue weighted by Crippen LogP contribution is -2.61. The maximum atomic E-state index is 13.6. The van der Waals surface area contributed by atoms with Crippen molar-refractivity contribution in [2.24, 2.45) is 7.05 Å². The molecule has 3 aliphatic rings. The second-order valence-electron chi connectivity index (χ2n) is 9.98. The van der Waals surface area contributed by atoms with E-state index in [1.54, 1.807) is 36.2 Å². The van der Waals surface area contributed by atoms with Crippen LogP contribution in [0.5, 0.6) is 0 Å². The molecule has 2 aromatic rings. The van der Waals surface area contributed by atoms with Gasteiger partial charge in [0.2, 0.25) is 0 Å². The fourth-order valence-corrected chi connectivity index (χ4v) is 7.94. The van der Waals surface area contributed by atoms with Crippen LogP contribution < -0.4 is 5.32 Å². The summed E-state index contributed by atoms with van der Waals surface area (Å²) in [5, 5.41) is 16.1. The van der Waals surface area contributed by atoms with Gasteiger partial charge in [0.15, 0.2) is 15.5 Å². The number of hydrogen-bond acceptors (Lipinski definition) is 7. The van der Waals surface area contributed by atoms with Crippen LogP contribution in [-0.4, -0.2) is 70.7 Å². The molecule has 1 aliphatic carbocycles. The number of aromatic nitrogens is 2. The Bertz CT molecular complexity index is 1360. The number of carbonyl (C=O) groups excluding carboxylic acids is 2. The maximum Gasteiger partial charge on any atom is 0.272 e. The largest absolute Gasteiger partial charge is 0.378 e. The first kappa shape index (κ1) is 24.5. The van der Waals surface area contributed by atoms with Crippen LogP contribution in [0.2, 0.25) is 0 Å². The lowest BCUT2D eigenvalue weighted by molar-refractivity contribution is -0.0158. The number of fused-ring (bicyclic) bond motifs is 1. The molecular weight excluding hydrogens is 482 g/mol. The van der Waals surface area contributed by atoms with E-state index in [4.69, 9.17) is 10.00 Å². The van der Waals surface area contributed by atoms with Gasteiger partial charge in [-0.05, 0) is 43.4 Å². The average Bonchev–Trinajstić information content (AvgIpc) is 3.55. The number of hydrogen-bond donors (Lipinski definition) is 1. The second-order valence-corrected chi connectivity index (χ2v) is 12.7. The van der Waals surface area contributed by atoms with Crippen LogP contribution in [0, 0.1) is 11.3 Å². The van der Waals surface area contributed by atoms with Gasteiger partial charge in [-0.15, -0.1) is 0 Å². The molecule has 1 aromatic heterocycles. The van der Waals surface area contributed by atoms with Gasteiger partial charge in [-0.3, -0.25) is 14.3 Å². The van der Waals surface area contributed by atoms with Gasteiger partial charge in [-0.2, -0.15) is 10.4 Å². The molecule has 10 nitrogen and oxygen atoms in total. The molecule has 3 heterocycles. The number of sulfone groups is 1. The van der Waals surface area contributed by atoms with Gasteiger partial charge in [-0.25, -0.2) is 8.42 Å². The van der Waals surface area contributed by atoms with Crippen LogP contribution in [0.25, 0.3) is 0 Å². The summed E-state index contributed by atoms with van der Waals surface area (Å²) in [7, 11) is -1.86. The van der Waals surface area contributed by atoms with Gasteiger partial charge < -0.3 is 15.0 Å². The molecular formula is C25H29N5O5S. The van der Waals surface area contributed by atoms with E-state index in [0.29, 0.717) is 49.0 Å². The van der Waals surface area contributed by atoms with Crippen molar-refractivity contribution < 1.29 is 22.7 Å². The number of benzene rings is 1. The summed E-state index contributed by atoms with van der Waals surface area (Å²) >= 11 is 0. The zero-order valence-electron chi connectivity index (χ0n) is 20.4. The molecule has 0 radical (unpaired) electrons. The van der Waals surface area contributed by atoms with E-state index in [0.717, 1.165) is 5.56 Å². The number of nitrogens with zero attached hydrogens (tertiary/aromatic N) is 4. The first-order chi connectivity index (χ1) is 17.2. The third-order valence-corrected chi connectivity index (χ3v) is 11.2. The maximum absolute atomic E-state index is 13.6. The van der Waals surface area contributed by atoms with Crippen molar-refractivity contribution in [1.82, 2.24) is 20.0 Å². The molecule has 2 fully saturated rings. The molecule has 0 atom stereocenters. The summed E-state index contributed by atoms with van der Waals surface area (Å²) in [6.45, 7) is 3.06. The molecule has 2 aliphatic heterocycles. The van der Waals surface area contributed by atoms with Gasteiger partial charge in [0.25, 0.3) is 11.8 Å². The highest BCUT2D eigenvalue weighted by atomic mass is 32.2. The molecule has 1 saturated heterocycles. The minimum Gasteiger partial charge on any atom is -0.378 e. The van der Waals surface area contributed by atoms with Crippen molar-refractivity contribution in [3.8, 4) is 6.07 Å². The average molecular weight is 512 g/mol.